The number of nitrogens with one attached hydrogen (secondary N) is 2. The minimum atomic E-state index is 0.694. The number of fused-ring (bicyclic) bond motifs is 1. The van der Waals surface area contributed by atoms with Gasteiger partial charge in [0.1, 0.15) is 5.69 Å². The van der Waals surface area contributed by atoms with Crippen LogP contribution in [0.1, 0.15) is 30.5 Å². The van der Waals surface area contributed by atoms with E-state index >= 15 is 0 Å². The fraction of sp³-hybridized carbons (Fsp3) is 0.348. The number of pyridine rings is 1. The lowest BCUT2D eigenvalue weighted by atomic mass is 9.85. The Labute approximate surface area is 178 Å². The summed E-state index contributed by atoms with van der Waals surface area (Å²) in [5.74, 6) is 0.884. The summed E-state index contributed by atoms with van der Waals surface area (Å²) in [6.07, 6.45) is 9.92. The lowest BCUT2D eigenvalue weighted by Crippen LogP contribution is -2.26. The van der Waals surface area contributed by atoms with E-state index < -0.39 is 0 Å². The maximum atomic E-state index is 4.34. The molecule has 6 nitrogen and oxygen atoms in total. The molecular weight excluding hydrogens is 388 g/mol. The van der Waals surface area contributed by atoms with Crippen LogP contribution in [0, 0.1) is 5.92 Å². The monoisotopic (exact) mass is 414 g/mol. The maximum absolute atomic E-state index is 4.34. The third-order valence-corrected chi connectivity index (χ3v) is 6.77. The molecule has 0 unspecified atom stereocenters. The molecule has 3 aromatic heterocycles. The van der Waals surface area contributed by atoms with Gasteiger partial charge in [-0.15, -0.1) is 5.10 Å². The van der Waals surface area contributed by atoms with Crippen molar-refractivity contribution in [2.75, 3.05) is 6.54 Å². The van der Waals surface area contributed by atoms with Gasteiger partial charge in [-0.05, 0) is 53.6 Å². The molecule has 2 N–H and O–H groups in total. The van der Waals surface area contributed by atoms with E-state index in [1.54, 1.807) is 0 Å². The first-order valence-electron chi connectivity index (χ1n) is 10.6. The second-order valence-electron chi connectivity index (χ2n) is 8.16. The number of hydrogen-bond donors (Lipinski definition) is 2. The molecule has 5 rings (SSSR count). The van der Waals surface area contributed by atoms with Crippen LogP contribution in [0.2, 0.25) is 6.55 Å². The molecule has 4 aromatic rings. The van der Waals surface area contributed by atoms with Crippen LogP contribution in [-0.2, 0) is 13.1 Å². The van der Waals surface area contributed by atoms with Crippen molar-refractivity contribution in [3.8, 4) is 11.3 Å². The molecule has 0 aliphatic heterocycles. The van der Waals surface area contributed by atoms with Gasteiger partial charge in [-0.25, -0.2) is 4.68 Å². The van der Waals surface area contributed by atoms with Gasteiger partial charge in [0.05, 0.1) is 22.3 Å². The smallest absolute Gasteiger partial charge is 0.114 e. The van der Waals surface area contributed by atoms with Gasteiger partial charge in [0, 0.05) is 35.7 Å². The van der Waals surface area contributed by atoms with Crippen LogP contribution in [0.25, 0.3) is 22.2 Å². The summed E-state index contributed by atoms with van der Waals surface area (Å²) in [5, 5.41) is 14.7. The Balaban J connectivity index is 1.26. The van der Waals surface area contributed by atoms with E-state index in [2.05, 4.69) is 62.5 Å². The van der Waals surface area contributed by atoms with Crippen molar-refractivity contribution in [1.82, 2.24) is 30.3 Å². The molecule has 0 bridgehead atoms. The van der Waals surface area contributed by atoms with Crippen LogP contribution < -0.4 is 10.5 Å². The standard InChI is InChI=1S/C23H26N6Si/c1-30-21-9-19(11-25-13-21)23-15-29(28-27-23)14-17-5-6-18-8-20(26-22(18)7-17)12-24-10-16-3-2-4-16/h5-9,11,13,15-16,24,26H,2-4,10,12,14H2,1H3. The van der Waals surface area contributed by atoms with E-state index in [1.807, 2.05) is 23.3 Å². The molecule has 7 heteroatoms. The fourth-order valence-electron chi connectivity index (χ4n) is 3.95. The lowest BCUT2D eigenvalue weighted by Gasteiger charge is -2.25. The summed E-state index contributed by atoms with van der Waals surface area (Å²) >= 11 is 0. The van der Waals surface area contributed by atoms with Crippen molar-refractivity contribution in [3.63, 3.8) is 0 Å². The average molecular weight is 415 g/mol. The van der Waals surface area contributed by atoms with Crippen LogP contribution >= 0.6 is 0 Å². The second-order valence-corrected chi connectivity index (χ2v) is 9.24. The summed E-state index contributed by atoms with van der Waals surface area (Å²) in [4.78, 5) is 7.88. The first-order valence-corrected chi connectivity index (χ1v) is 12.1. The summed E-state index contributed by atoms with van der Waals surface area (Å²) in [6.45, 7) is 4.88. The largest absolute Gasteiger partial charge is 0.357 e. The van der Waals surface area contributed by atoms with E-state index in [4.69, 9.17) is 0 Å². The maximum Gasteiger partial charge on any atom is 0.114 e. The highest BCUT2D eigenvalue weighted by molar-refractivity contribution is 6.51. The molecule has 30 heavy (non-hydrogen) atoms. The zero-order chi connectivity index (χ0) is 20.3. The van der Waals surface area contributed by atoms with Gasteiger partial charge in [0.15, 0.2) is 0 Å². The zero-order valence-corrected chi connectivity index (χ0v) is 18.2. The number of aromatic amines is 1. The third-order valence-electron chi connectivity index (χ3n) is 5.92. The Hall–Kier alpha value is -2.77. The Morgan fingerprint density at radius 2 is 2.13 bits per heavy atom. The normalized spacial score (nSPS) is 14.3. The topological polar surface area (TPSA) is 71.4 Å². The molecule has 1 saturated carbocycles. The van der Waals surface area contributed by atoms with E-state index in [1.165, 1.54) is 46.6 Å². The average Bonchev–Trinajstić information content (AvgIpc) is 3.36. The molecule has 0 amide bonds. The van der Waals surface area contributed by atoms with Gasteiger partial charge >= 0.3 is 0 Å². The quantitative estimate of drug-likeness (QED) is 0.435. The van der Waals surface area contributed by atoms with Gasteiger partial charge in [0.25, 0.3) is 0 Å². The van der Waals surface area contributed by atoms with Crippen LogP contribution in [0.3, 0.4) is 0 Å². The molecule has 0 atom stereocenters. The molecule has 1 aliphatic carbocycles. The van der Waals surface area contributed by atoms with Gasteiger partial charge < -0.3 is 10.3 Å². The Bertz CT molecular complexity index is 1140. The van der Waals surface area contributed by atoms with E-state index in [0.717, 1.165) is 39.8 Å². The lowest BCUT2D eigenvalue weighted by molar-refractivity contribution is 0.301. The molecule has 3 heterocycles. The predicted molar refractivity (Wildman–Crippen MR) is 121 cm³/mol. The first kappa shape index (κ1) is 19.2. The van der Waals surface area contributed by atoms with Crippen molar-refractivity contribution in [2.45, 2.75) is 38.9 Å². The van der Waals surface area contributed by atoms with E-state index in [9.17, 15) is 0 Å². The molecule has 152 valence electrons. The minimum absolute atomic E-state index is 0.694. The number of hydrogen-bond acceptors (Lipinski definition) is 4. The van der Waals surface area contributed by atoms with Crippen molar-refractivity contribution in [2.24, 2.45) is 5.92 Å². The molecule has 0 saturated heterocycles. The second kappa shape index (κ2) is 8.53. The first-order chi connectivity index (χ1) is 14.8. The number of aromatic nitrogens is 5. The molecule has 1 fully saturated rings. The zero-order valence-electron chi connectivity index (χ0n) is 17.2. The van der Waals surface area contributed by atoms with E-state index in [-0.39, 0.29) is 0 Å². The van der Waals surface area contributed by atoms with Crippen LogP contribution in [0.15, 0.2) is 48.9 Å². The molecule has 0 spiro atoms. The van der Waals surface area contributed by atoms with Crippen molar-refractivity contribution in [3.05, 3.63) is 60.2 Å². The van der Waals surface area contributed by atoms with Crippen molar-refractivity contribution in [1.29, 1.82) is 0 Å². The van der Waals surface area contributed by atoms with Crippen LogP contribution in [-0.4, -0.2) is 41.0 Å². The van der Waals surface area contributed by atoms with Crippen LogP contribution in [0.4, 0.5) is 0 Å². The number of H-pyrrole nitrogens is 1. The van der Waals surface area contributed by atoms with Crippen LogP contribution in [0.5, 0.6) is 0 Å². The Morgan fingerprint density at radius 3 is 2.97 bits per heavy atom. The summed E-state index contributed by atoms with van der Waals surface area (Å²) in [5.41, 5.74) is 5.51. The fourth-order valence-corrected chi connectivity index (χ4v) is 4.45. The summed E-state index contributed by atoms with van der Waals surface area (Å²) < 4.78 is 1.89. The van der Waals surface area contributed by atoms with Gasteiger partial charge in [-0.1, -0.05) is 36.4 Å². The highest BCUT2D eigenvalue weighted by atomic mass is 28.2. The minimum Gasteiger partial charge on any atom is -0.357 e. The Kier molecular flexibility index (Phi) is 5.46. The highest BCUT2D eigenvalue weighted by Gasteiger charge is 2.16. The molecule has 2 radical (unpaired) electrons. The summed E-state index contributed by atoms with van der Waals surface area (Å²) in [6, 6.07) is 11.0. The molecule has 1 aromatic carbocycles. The number of nitrogens with zero attached hydrogens (tertiary/aromatic N) is 4. The van der Waals surface area contributed by atoms with E-state index in [0.29, 0.717) is 6.54 Å². The van der Waals surface area contributed by atoms with Gasteiger partial charge in [-0.2, -0.15) is 0 Å². The predicted octanol–water partition coefficient (Wildman–Crippen LogP) is 3.14. The molecular formula is C23H26N6Si. The highest BCUT2D eigenvalue weighted by Crippen LogP contribution is 2.25. The van der Waals surface area contributed by atoms with Gasteiger partial charge in [0.2, 0.25) is 0 Å². The third kappa shape index (κ3) is 4.22. The number of benzene rings is 1. The summed E-state index contributed by atoms with van der Waals surface area (Å²) in [7, 11) is 0.724. The van der Waals surface area contributed by atoms with Gasteiger partial charge in [-0.3, -0.25) is 4.98 Å². The number of rotatable bonds is 8. The SMILES string of the molecule is C[Si]c1cncc(-c2cn(Cc3ccc4cc(CNCC5CCC5)[nH]c4c3)nn2)c1. The Morgan fingerprint density at radius 1 is 1.20 bits per heavy atom. The van der Waals surface area contributed by atoms with Crippen molar-refractivity contribution >= 4 is 25.6 Å². The molecule has 1 aliphatic rings. The van der Waals surface area contributed by atoms with Crippen molar-refractivity contribution < 1.29 is 0 Å².